The van der Waals surface area contributed by atoms with Gasteiger partial charge in [-0.2, -0.15) is 0 Å². The number of hydrogen-bond acceptors (Lipinski definition) is 5. The number of hydrogen-bond donors (Lipinski definition) is 1. The van der Waals surface area contributed by atoms with Crippen LogP contribution in [-0.4, -0.2) is 16.8 Å². The maximum absolute atomic E-state index is 7.24. The van der Waals surface area contributed by atoms with E-state index in [0.29, 0.717) is 13.2 Å². The summed E-state index contributed by atoms with van der Waals surface area (Å²) in [5.74, 6) is 0.625. The number of furan rings is 1. The van der Waals surface area contributed by atoms with Crippen LogP contribution in [0.2, 0.25) is 0 Å². The van der Waals surface area contributed by atoms with E-state index in [1.54, 1.807) is 0 Å². The summed E-state index contributed by atoms with van der Waals surface area (Å²) in [5.41, 5.74) is 18.7. The molecular formula is C61H52BN3O2S. The second kappa shape index (κ2) is 14.2. The zero-order chi connectivity index (χ0) is 46.6. The first-order chi connectivity index (χ1) is 32.6. The third-order valence-electron chi connectivity index (χ3n) is 14.5. The highest BCUT2D eigenvalue weighted by atomic mass is 32.1. The third kappa shape index (κ3) is 6.24. The van der Waals surface area contributed by atoms with Crippen LogP contribution in [0.3, 0.4) is 0 Å². The van der Waals surface area contributed by atoms with E-state index in [2.05, 4.69) is 194 Å². The van der Waals surface area contributed by atoms with Crippen molar-refractivity contribution in [2.45, 2.75) is 78.6 Å². The summed E-state index contributed by atoms with van der Waals surface area (Å²) in [6, 6.07) is 51.3. The van der Waals surface area contributed by atoms with E-state index in [9.17, 15) is 0 Å². The Morgan fingerprint density at radius 2 is 1.26 bits per heavy atom. The fraction of sp³-hybridized carbons (Fsp3) is 0.197. The number of thiophene rings is 1. The highest BCUT2D eigenvalue weighted by Gasteiger charge is 2.33. The van der Waals surface area contributed by atoms with Gasteiger partial charge < -0.3 is 18.7 Å². The molecule has 68 heavy (non-hydrogen) atoms. The summed E-state index contributed by atoms with van der Waals surface area (Å²) in [6.07, 6.45) is 0. The van der Waals surface area contributed by atoms with E-state index in [0.717, 1.165) is 72.1 Å². The standard InChI is InChI=1S/C61H52BN3O2S/c1-59(2,3)34-19-23-37(24-20-34)63-44-31-51-40(38-25-21-36(61(7,8)9)28-50(38)68-51)29-41(44)52-53-39-17-13-14-18-48(39)66-57(53)54-42-27-35(60(4,5)6)22-26-46(42)65-47-32-49-45(30-43(47)62-55(52)56(54)65)64-58(67-49)33-15-11-10-12-16-33/h10-32,62-63H,1-9H3. The maximum atomic E-state index is 7.24. The Balaban J connectivity index is 1.17. The molecule has 0 fully saturated rings. The first-order valence-corrected chi connectivity index (χ1v) is 24.7. The van der Waals surface area contributed by atoms with Crippen LogP contribution in [0.1, 0.15) is 79.0 Å². The molecule has 4 aromatic heterocycles. The zero-order valence-corrected chi connectivity index (χ0v) is 40.9. The van der Waals surface area contributed by atoms with Crippen molar-refractivity contribution in [2.24, 2.45) is 0 Å². The number of rotatable bonds is 4. The summed E-state index contributed by atoms with van der Waals surface area (Å²) < 4.78 is 18.9. The van der Waals surface area contributed by atoms with Crippen molar-refractivity contribution in [3.8, 4) is 28.3 Å². The van der Waals surface area contributed by atoms with Gasteiger partial charge in [0.25, 0.3) is 0 Å². The van der Waals surface area contributed by atoms with Gasteiger partial charge in [0, 0.05) is 70.6 Å². The predicted molar refractivity (Wildman–Crippen MR) is 292 cm³/mol. The Labute approximate surface area is 400 Å². The van der Waals surface area contributed by atoms with Gasteiger partial charge in [0.1, 0.15) is 16.7 Å². The molecule has 0 aliphatic carbocycles. The second-order valence-corrected chi connectivity index (χ2v) is 23.2. The largest absolute Gasteiger partial charge is 0.455 e. The van der Waals surface area contributed by atoms with E-state index >= 15 is 0 Å². The lowest BCUT2D eigenvalue weighted by Crippen LogP contribution is -2.37. The average Bonchev–Trinajstić information content (AvgIpc) is 4.08. The molecule has 13 rings (SSSR count). The van der Waals surface area contributed by atoms with Crippen molar-refractivity contribution >= 4 is 116 Å². The topological polar surface area (TPSA) is 56.1 Å². The van der Waals surface area contributed by atoms with Gasteiger partial charge in [0.2, 0.25) is 5.89 Å². The molecule has 1 N–H and O–H groups in total. The van der Waals surface area contributed by atoms with E-state index in [1.807, 2.05) is 29.5 Å². The van der Waals surface area contributed by atoms with Gasteiger partial charge in [-0.25, -0.2) is 4.98 Å². The average molecular weight is 902 g/mol. The zero-order valence-electron chi connectivity index (χ0n) is 40.1. The summed E-state index contributed by atoms with van der Waals surface area (Å²) in [7, 11) is 0.694. The Kier molecular flexibility index (Phi) is 8.60. The fourth-order valence-electron chi connectivity index (χ4n) is 10.8. The molecular weight excluding hydrogens is 850 g/mol. The summed E-state index contributed by atoms with van der Waals surface area (Å²) in [4.78, 5) is 5.11. The minimum absolute atomic E-state index is 0.0382. The van der Waals surface area contributed by atoms with Gasteiger partial charge in [-0.05, 0) is 111 Å². The number of oxazole rings is 1. The van der Waals surface area contributed by atoms with Crippen LogP contribution in [0.5, 0.6) is 0 Å². The van der Waals surface area contributed by atoms with Gasteiger partial charge in [0.15, 0.2) is 12.9 Å². The van der Waals surface area contributed by atoms with Gasteiger partial charge in [-0.15, -0.1) is 11.3 Å². The van der Waals surface area contributed by atoms with Crippen LogP contribution in [0, 0.1) is 0 Å². The van der Waals surface area contributed by atoms with E-state index in [1.165, 1.54) is 64.3 Å². The Hall–Kier alpha value is -7.09. The summed E-state index contributed by atoms with van der Waals surface area (Å²) in [5, 5.41) is 11.1. The smallest absolute Gasteiger partial charge is 0.227 e. The molecule has 1 aliphatic heterocycles. The molecule has 5 nitrogen and oxygen atoms in total. The number of para-hydroxylation sites is 1. The van der Waals surface area contributed by atoms with Crippen LogP contribution >= 0.6 is 11.3 Å². The van der Waals surface area contributed by atoms with Crippen molar-refractivity contribution < 1.29 is 8.83 Å². The van der Waals surface area contributed by atoms with Crippen LogP contribution in [-0.2, 0) is 16.2 Å². The predicted octanol–water partition coefficient (Wildman–Crippen LogP) is 15.9. The van der Waals surface area contributed by atoms with Crippen molar-refractivity contribution in [2.75, 3.05) is 5.32 Å². The third-order valence-corrected chi connectivity index (χ3v) is 15.6. The molecule has 7 heteroatoms. The molecule has 0 unspecified atom stereocenters. The van der Waals surface area contributed by atoms with Crippen molar-refractivity contribution in [1.82, 2.24) is 9.55 Å². The quantitative estimate of drug-likeness (QED) is 0.179. The molecule has 0 bridgehead atoms. The highest BCUT2D eigenvalue weighted by molar-refractivity contribution is 7.25. The summed E-state index contributed by atoms with van der Waals surface area (Å²) in [6.45, 7) is 20.6. The first kappa shape index (κ1) is 41.1. The van der Waals surface area contributed by atoms with Crippen molar-refractivity contribution in [1.29, 1.82) is 0 Å². The highest BCUT2D eigenvalue weighted by Crippen LogP contribution is 2.50. The second-order valence-electron chi connectivity index (χ2n) is 22.1. The number of aromatic nitrogens is 2. The molecule has 0 atom stereocenters. The maximum Gasteiger partial charge on any atom is 0.227 e. The molecule has 0 saturated carbocycles. The summed E-state index contributed by atoms with van der Waals surface area (Å²) >= 11 is 1.88. The molecule has 12 aromatic rings. The van der Waals surface area contributed by atoms with Crippen LogP contribution in [0.25, 0.3) is 103 Å². The van der Waals surface area contributed by atoms with E-state index < -0.39 is 0 Å². The van der Waals surface area contributed by atoms with Gasteiger partial charge in [-0.1, -0.05) is 135 Å². The minimum atomic E-state index is -0.0612. The molecule has 8 aromatic carbocycles. The SMILES string of the molecule is CC(C)(C)c1ccc(Nc2cc3sc4cc(C(C)(C)C)ccc4c3cc2-c2c3c4c(c5cc(C(C)(C)C)ccc5n4-c4cc5oc(-c6ccccc6)nc5cc4B3)c3oc4ccccc4c23)cc1. The fourth-order valence-corrected chi connectivity index (χ4v) is 12.0. The van der Waals surface area contributed by atoms with Crippen LogP contribution < -0.4 is 16.2 Å². The molecule has 0 radical (unpaired) electrons. The Bertz CT molecular complexity index is 4070. The molecule has 332 valence electrons. The number of benzene rings is 8. The molecule has 0 amide bonds. The minimum Gasteiger partial charge on any atom is -0.455 e. The molecule has 0 saturated heterocycles. The molecule has 0 spiro atoms. The van der Waals surface area contributed by atoms with E-state index in [-0.39, 0.29) is 16.2 Å². The number of nitrogens with zero attached hydrogens (tertiary/aromatic N) is 2. The Morgan fingerprint density at radius 3 is 2.03 bits per heavy atom. The normalized spacial score (nSPS) is 13.2. The number of fused-ring (bicyclic) bond motifs is 13. The molecule has 5 heterocycles. The van der Waals surface area contributed by atoms with Gasteiger partial charge in [0.05, 0.1) is 16.4 Å². The lowest BCUT2D eigenvalue weighted by atomic mass is 9.58. The number of anilines is 2. The lowest BCUT2D eigenvalue weighted by Gasteiger charge is -2.24. The number of nitrogens with one attached hydrogen (secondary N) is 1. The molecule has 1 aliphatic rings. The Morgan fingerprint density at radius 1 is 0.574 bits per heavy atom. The van der Waals surface area contributed by atoms with E-state index in [4.69, 9.17) is 13.8 Å². The monoisotopic (exact) mass is 901 g/mol. The first-order valence-electron chi connectivity index (χ1n) is 23.9. The lowest BCUT2D eigenvalue weighted by molar-refractivity contribution is 0.590. The van der Waals surface area contributed by atoms with Gasteiger partial charge >= 0.3 is 0 Å². The van der Waals surface area contributed by atoms with Crippen LogP contribution in [0.15, 0.2) is 148 Å². The van der Waals surface area contributed by atoms with Gasteiger partial charge in [-0.3, -0.25) is 0 Å². The van der Waals surface area contributed by atoms with Crippen molar-refractivity contribution in [3.05, 3.63) is 156 Å². The van der Waals surface area contributed by atoms with Crippen LogP contribution in [0.4, 0.5) is 11.4 Å². The van der Waals surface area contributed by atoms with Crippen molar-refractivity contribution in [3.63, 3.8) is 0 Å².